The fourth-order valence-corrected chi connectivity index (χ4v) is 1.69. The Morgan fingerprint density at radius 2 is 1.88 bits per heavy atom. The van der Waals surface area contributed by atoms with Crippen LogP contribution in [0.5, 0.6) is 0 Å². The van der Waals surface area contributed by atoms with Crippen LogP contribution in [0.4, 0.5) is 13.2 Å². The van der Waals surface area contributed by atoms with Crippen molar-refractivity contribution in [2.45, 2.75) is 25.6 Å². The van der Waals surface area contributed by atoms with Crippen molar-refractivity contribution in [2.75, 3.05) is 0 Å². The molecule has 0 aliphatic heterocycles. The molecule has 2 nitrogen and oxygen atoms in total. The number of nitrogens with one attached hydrogen (secondary N) is 1. The van der Waals surface area contributed by atoms with Crippen molar-refractivity contribution in [1.29, 1.82) is 0 Å². The molecule has 1 atom stereocenters. The molecule has 0 saturated carbocycles. The van der Waals surface area contributed by atoms with Gasteiger partial charge in [0.2, 0.25) is 0 Å². The summed E-state index contributed by atoms with van der Waals surface area (Å²) in [6, 6.07) is 6.85. The predicted molar refractivity (Wildman–Crippen MR) is 66.5 cm³/mol. The smallest absolute Gasteiger partial charge is 0.345 e. The highest BCUT2D eigenvalue weighted by Gasteiger charge is 2.39. The predicted octanol–water partition coefficient (Wildman–Crippen LogP) is 2.90. The number of rotatable bonds is 3. The third-order valence-electron chi connectivity index (χ3n) is 2.09. The first kappa shape index (κ1) is 14.3. The molecule has 0 bridgehead atoms. The van der Waals surface area contributed by atoms with E-state index in [4.69, 9.17) is 0 Å². The van der Waals surface area contributed by atoms with Crippen LogP contribution in [0.15, 0.2) is 24.3 Å². The highest BCUT2D eigenvalue weighted by molar-refractivity contribution is 14.1. The second-order valence-corrected chi connectivity index (χ2v) is 4.95. The van der Waals surface area contributed by atoms with Crippen LogP contribution >= 0.6 is 22.6 Å². The number of halogens is 4. The second kappa shape index (κ2) is 5.70. The largest absolute Gasteiger partial charge is 0.471 e. The van der Waals surface area contributed by atoms with Crippen LogP contribution in [-0.4, -0.2) is 18.1 Å². The SMILES string of the molecule is C[C@@H](Cc1ccc(I)cc1)NC(=O)C(F)(F)F. The Morgan fingerprint density at radius 3 is 2.35 bits per heavy atom. The average molecular weight is 357 g/mol. The van der Waals surface area contributed by atoms with Gasteiger partial charge in [-0.05, 0) is 53.6 Å². The van der Waals surface area contributed by atoms with Crippen LogP contribution in [-0.2, 0) is 11.2 Å². The molecule has 0 unspecified atom stereocenters. The van der Waals surface area contributed by atoms with Crippen molar-refractivity contribution in [3.63, 3.8) is 0 Å². The molecular formula is C11H11F3INO. The van der Waals surface area contributed by atoms with Gasteiger partial charge in [-0.25, -0.2) is 0 Å². The van der Waals surface area contributed by atoms with Crippen molar-refractivity contribution < 1.29 is 18.0 Å². The van der Waals surface area contributed by atoms with E-state index in [-0.39, 0.29) is 0 Å². The molecule has 0 radical (unpaired) electrons. The monoisotopic (exact) mass is 357 g/mol. The minimum Gasteiger partial charge on any atom is -0.345 e. The molecule has 0 fully saturated rings. The standard InChI is InChI=1S/C11H11F3INO/c1-7(16-10(17)11(12,13)14)6-8-2-4-9(15)5-3-8/h2-5,7H,6H2,1H3,(H,16,17)/t7-/m0/s1. The van der Waals surface area contributed by atoms with Crippen molar-refractivity contribution in [1.82, 2.24) is 5.32 Å². The quantitative estimate of drug-likeness (QED) is 0.829. The first-order chi connectivity index (χ1) is 7.79. The van der Waals surface area contributed by atoms with E-state index in [2.05, 4.69) is 22.6 Å². The molecule has 1 aromatic rings. The van der Waals surface area contributed by atoms with Crippen molar-refractivity contribution in [2.24, 2.45) is 0 Å². The summed E-state index contributed by atoms with van der Waals surface area (Å²) in [6.07, 6.45) is -4.45. The second-order valence-electron chi connectivity index (χ2n) is 3.70. The molecule has 94 valence electrons. The molecular weight excluding hydrogens is 346 g/mol. The highest BCUT2D eigenvalue weighted by atomic mass is 127. The molecule has 0 heterocycles. The van der Waals surface area contributed by atoms with Crippen LogP contribution in [0.25, 0.3) is 0 Å². The van der Waals surface area contributed by atoms with E-state index in [1.807, 2.05) is 29.6 Å². The summed E-state index contributed by atoms with van der Waals surface area (Å²) < 4.78 is 37.0. The molecule has 1 aromatic carbocycles. The van der Waals surface area contributed by atoms with Crippen LogP contribution in [0, 0.1) is 3.57 Å². The van der Waals surface area contributed by atoms with Gasteiger partial charge >= 0.3 is 12.1 Å². The number of alkyl halides is 3. The summed E-state index contributed by atoms with van der Waals surface area (Å²) in [4.78, 5) is 10.7. The number of benzene rings is 1. The number of hydrogen-bond donors (Lipinski definition) is 1. The topological polar surface area (TPSA) is 29.1 Å². The van der Waals surface area contributed by atoms with E-state index in [0.717, 1.165) is 9.13 Å². The molecule has 1 amide bonds. The summed E-state index contributed by atoms with van der Waals surface area (Å²) in [5, 5.41) is 1.92. The lowest BCUT2D eigenvalue weighted by Crippen LogP contribution is -2.42. The number of carbonyl (C=O) groups excluding carboxylic acids is 1. The lowest BCUT2D eigenvalue weighted by molar-refractivity contribution is -0.174. The zero-order valence-corrected chi connectivity index (χ0v) is 11.2. The molecule has 6 heteroatoms. The van der Waals surface area contributed by atoms with Crippen LogP contribution in [0.3, 0.4) is 0 Å². The van der Waals surface area contributed by atoms with Crippen LogP contribution in [0.1, 0.15) is 12.5 Å². The van der Waals surface area contributed by atoms with Gasteiger partial charge in [0, 0.05) is 9.61 Å². The van der Waals surface area contributed by atoms with Crippen molar-refractivity contribution >= 4 is 28.5 Å². The minimum atomic E-state index is -4.82. The summed E-state index contributed by atoms with van der Waals surface area (Å²) in [5.74, 6) is -1.89. The van der Waals surface area contributed by atoms with Gasteiger partial charge in [0.1, 0.15) is 0 Å². The van der Waals surface area contributed by atoms with Gasteiger partial charge in [0.25, 0.3) is 0 Å². The van der Waals surface area contributed by atoms with Gasteiger partial charge in [-0.1, -0.05) is 12.1 Å². The maximum absolute atomic E-state index is 12.0. The Balaban J connectivity index is 2.53. The lowest BCUT2D eigenvalue weighted by Gasteiger charge is -2.15. The molecule has 0 aliphatic carbocycles. The Labute approximate surface area is 111 Å². The lowest BCUT2D eigenvalue weighted by atomic mass is 10.1. The maximum atomic E-state index is 12.0. The summed E-state index contributed by atoms with van der Waals surface area (Å²) >= 11 is 2.14. The molecule has 0 saturated heterocycles. The van der Waals surface area contributed by atoms with E-state index < -0.39 is 18.1 Å². The summed E-state index contributed by atoms with van der Waals surface area (Å²) in [5.41, 5.74) is 0.889. The van der Waals surface area contributed by atoms with E-state index in [0.29, 0.717) is 6.42 Å². The van der Waals surface area contributed by atoms with Gasteiger partial charge in [-0.3, -0.25) is 4.79 Å². The first-order valence-corrected chi connectivity index (χ1v) is 5.99. The molecule has 1 N–H and O–H groups in total. The zero-order valence-electron chi connectivity index (χ0n) is 9.01. The van der Waals surface area contributed by atoms with Crippen molar-refractivity contribution in [3.05, 3.63) is 33.4 Å². The van der Waals surface area contributed by atoms with Crippen LogP contribution < -0.4 is 5.32 Å². The zero-order chi connectivity index (χ0) is 13.1. The minimum absolute atomic E-state index is 0.374. The third-order valence-corrected chi connectivity index (χ3v) is 2.81. The number of amides is 1. The Hall–Kier alpha value is -0.790. The van der Waals surface area contributed by atoms with Gasteiger partial charge in [-0.2, -0.15) is 13.2 Å². The van der Waals surface area contributed by atoms with E-state index in [1.165, 1.54) is 0 Å². The fraction of sp³-hybridized carbons (Fsp3) is 0.364. The van der Waals surface area contributed by atoms with E-state index >= 15 is 0 Å². The highest BCUT2D eigenvalue weighted by Crippen LogP contribution is 2.15. The molecule has 0 spiro atoms. The third kappa shape index (κ3) is 4.93. The van der Waals surface area contributed by atoms with E-state index in [1.54, 1.807) is 6.92 Å². The Morgan fingerprint density at radius 1 is 1.35 bits per heavy atom. The Kier molecular flexibility index (Phi) is 4.79. The van der Waals surface area contributed by atoms with E-state index in [9.17, 15) is 18.0 Å². The molecule has 0 aliphatic rings. The van der Waals surface area contributed by atoms with Crippen LogP contribution in [0.2, 0.25) is 0 Å². The Bertz CT molecular complexity index is 389. The van der Waals surface area contributed by atoms with Crippen molar-refractivity contribution in [3.8, 4) is 0 Å². The molecule has 17 heavy (non-hydrogen) atoms. The first-order valence-electron chi connectivity index (χ1n) is 4.91. The van der Waals surface area contributed by atoms with Gasteiger partial charge < -0.3 is 5.32 Å². The summed E-state index contributed by atoms with van der Waals surface area (Å²) in [6.45, 7) is 1.54. The molecule has 0 aromatic heterocycles. The molecule has 1 rings (SSSR count). The average Bonchev–Trinajstić information content (AvgIpc) is 2.20. The van der Waals surface area contributed by atoms with Gasteiger partial charge in [0.05, 0.1) is 0 Å². The number of carbonyl (C=O) groups is 1. The van der Waals surface area contributed by atoms with Gasteiger partial charge in [-0.15, -0.1) is 0 Å². The maximum Gasteiger partial charge on any atom is 0.471 e. The van der Waals surface area contributed by atoms with Gasteiger partial charge in [0.15, 0.2) is 0 Å². The number of hydrogen-bond acceptors (Lipinski definition) is 1. The normalized spacial score (nSPS) is 13.2. The summed E-state index contributed by atoms with van der Waals surface area (Å²) in [7, 11) is 0. The fourth-order valence-electron chi connectivity index (χ4n) is 1.33.